The molecule has 1 rings (SSSR count). The van der Waals surface area contributed by atoms with Gasteiger partial charge in [-0.15, -0.1) is 23.2 Å². The number of halogens is 2. The monoisotopic (exact) mass is 288 g/mol. The average molecular weight is 289 g/mol. The fraction of sp³-hybridized carbons (Fsp3) is 0.600. The van der Waals surface area contributed by atoms with Gasteiger partial charge < -0.3 is 4.74 Å². The standard InChI is InChI=1S/C15H22Cl2O/c1-2-3-10-18-11-9-15(12-16,13-17)14-7-5-4-6-8-14/h4-8H,2-3,9-13H2,1H3. The van der Waals surface area contributed by atoms with Crippen molar-refractivity contribution in [2.75, 3.05) is 25.0 Å². The van der Waals surface area contributed by atoms with Gasteiger partial charge >= 0.3 is 0 Å². The van der Waals surface area contributed by atoms with Crippen LogP contribution in [0, 0.1) is 0 Å². The molecule has 1 aromatic rings. The molecule has 0 saturated carbocycles. The molecule has 0 spiro atoms. The highest BCUT2D eigenvalue weighted by Crippen LogP contribution is 2.31. The molecule has 18 heavy (non-hydrogen) atoms. The molecule has 0 N–H and O–H groups in total. The van der Waals surface area contributed by atoms with E-state index in [0.29, 0.717) is 18.4 Å². The largest absolute Gasteiger partial charge is 0.381 e. The molecule has 0 radical (unpaired) electrons. The first-order chi connectivity index (χ1) is 8.79. The summed E-state index contributed by atoms with van der Waals surface area (Å²) < 4.78 is 5.64. The zero-order valence-corrected chi connectivity index (χ0v) is 12.5. The minimum Gasteiger partial charge on any atom is -0.381 e. The van der Waals surface area contributed by atoms with Gasteiger partial charge in [0.2, 0.25) is 0 Å². The summed E-state index contributed by atoms with van der Waals surface area (Å²) in [6, 6.07) is 10.3. The SMILES string of the molecule is CCCCOCCC(CCl)(CCl)c1ccccc1. The van der Waals surface area contributed by atoms with Crippen molar-refractivity contribution in [3.05, 3.63) is 35.9 Å². The first kappa shape index (κ1) is 15.8. The van der Waals surface area contributed by atoms with Crippen LogP contribution < -0.4 is 0 Å². The minimum absolute atomic E-state index is 0.170. The number of hydrogen-bond acceptors (Lipinski definition) is 1. The van der Waals surface area contributed by atoms with Crippen molar-refractivity contribution in [1.29, 1.82) is 0 Å². The molecule has 0 saturated heterocycles. The van der Waals surface area contributed by atoms with Crippen molar-refractivity contribution >= 4 is 23.2 Å². The third kappa shape index (κ3) is 4.46. The lowest BCUT2D eigenvalue weighted by molar-refractivity contribution is 0.116. The van der Waals surface area contributed by atoms with Crippen molar-refractivity contribution in [3.8, 4) is 0 Å². The Balaban J connectivity index is 2.58. The van der Waals surface area contributed by atoms with Gasteiger partial charge in [0.25, 0.3) is 0 Å². The van der Waals surface area contributed by atoms with Gasteiger partial charge in [-0.05, 0) is 18.4 Å². The molecule has 0 bridgehead atoms. The van der Waals surface area contributed by atoms with Crippen molar-refractivity contribution in [3.63, 3.8) is 0 Å². The molecule has 0 aliphatic carbocycles. The third-order valence-corrected chi connectivity index (χ3v) is 4.29. The maximum Gasteiger partial charge on any atom is 0.0475 e. The summed E-state index contributed by atoms with van der Waals surface area (Å²) in [7, 11) is 0. The van der Waals surface area contributed by atoms with Gasteiger partial charge in [0.15, 0.2) is 0 Å². The van der Waals surface area contributed by atoms with Crippen LogP contribution in [0.2, 0.25) is 0 Å². The molecule has 0 fully saturated rings. The molecule has 0 atom stereocenters. The Hall–Kier alpha value is -0.240. The molecule has 0 aliphatic heterocycles. The number of unbranched alkanes of at least 4 members (excludes halogenated alkanes) is 1. The van der Waals surface area contributed by atoms with Crippen LogP contribution in [0.1, 0.15) is 31.7 Å². The van der Waals surface area contributed by atoms with E-state index >= 15 is 0 Å². The van der Waals surface area contributed by atoms with Gasteiger partial charge in [-0.25, -0.2) is 0 Å². The van der Waals surface area contributed by atoms with Gasteiger partial charge in [0, 0.05) is 30.4 Å². The van der Waals surface area contributed by atoms with E-state index in [1.165, 1.54) is 5.56 Å². The first-order valence-electron chi connectivity index (χ1n) is 6.54. The Bertz CT molecular complexity index is 310. The van der Waals surface area contributed by atoms with E-state index < -0.39 is 0 Å². The summed E-state index contributed by atoms with van der Waals surface area (Å²) >= 11 is 12.3. The van der Waals surface area contributed by atoms with Crippen LogP contribution in [0.5, 0.6) is 0 Å². The fourth-order valence-electron chi connectivity index (χ4n) is 1.88. The molecule has 3 heteroatoms. The molecule has 0 aromatic heterocycles. The summed E-state index contributed by atoms with van der Waals surface area (Å²) in [6.07, 6.45) is 3.14. The number of benzene rings is 1. The van der Waals surface area contributed by atoms with Crippen LogP contribution >= 0.6 is 23.2 Å². The highest BCUT2D eigenvalue weighted by molar-refractivity contribution is 6.22. The predicted octanol–water partition coefficient (Wildman–Crippen LogP) is 4.61. The lowest BCUT2D eigenvalue weighted by atomic mass is 9.81. The molecular weight excluding hydrogens is 267 g/mol. The van der Waals surface area contributed by atoms with Crippen LogP contribution in [0.15, 0.2) is 30.3 Å². The van der Waals surface area contributed by atoms with Crippen LogP contribution in [-0.4, -0.2) is 25.0 Å². The van der Waals surface area contributed by atoms with Gasteiger partial charge in [-0.1, -0.05) is 43.7 Å². The van der Waals surface area contributed by atoms with E-state index in [-0.39, 0.29) is 5.41 Å². The number of alkyl halides is 2. The van der Waals surface area contributed by atoms with E-state index in [1.807, 2.05) is 18.2 Å². The number of rotatable bonds is 9. The zero-order valence-electron chi connectivity index (χ0n) is 11.0. The highest BCUT2D eigenvalue weighted by Gasteiger charge is 2.30. The molecule has 0 unspecified atom stereocenters. The number of ether oxygens (including phenoxy) is 1. The molecule has 1 nitrogen and oxygen atoms in total. The van der Waals surface area contributed by atoms with Crippen molar-refractivity contribution in [2.45, 2.75) is 31.6 Å². The van der Waals surface area contributed by atoms with E-state index in [4.69, 9.17) is 27.9 Å². The third-order valence-electron chi connectivity index (χ3n) is 3.26. The minimum atomic E-state index is -0.170. The zero-order chi connectivity index (χ0) is 13.3. The highest BCUT2D eigenvalue weighted by atomic mass is 35.5. The van der Waals surface area contributed by atoms with Crippen LogP contribution in [0.4, 0.5) is 0 Å². The molecule has 0 amide bonds. The second-order valence-electron chi connectivity index (χ2n) is 4.63. The molecule has 0 aliphatic rings. The Morgan fingerprint density at radius 2 is 1.72 bits per heavy atom. The Morgan fingerprint density at radius 1 is 1.06 bits per heavy atom. The number of hydrogen-bond donors (Lipinski definition) is 0. The molecule has 1 aromatic carbocycles. The van der Waals surface area contributed by atoms with Crippen molar-refractivity contribution in [1.82, 2.24) is 0 Å². The molecule has 102 valence electrons. The van der Waals surface area contributed by atoms with Crippen molar-refractivity contribution < 1.29 is 4.74 Å². The second-order valence-corrected chi connectivity index (χ2v) is 5.16. The van der Waals surface area contributed by atoms with Gasteiger partial charge in [0.05, 0.1) is 0 Å². The molecule has 0 heterocycles. The summed E-state index contributed by atoms with van der Waals surface area (Å²) in [5.74, 6) is 1.05. The Labute approximate surface area is 120 Å². The van der Waals surface area contributed by atoms with Crippen LogP contribution in [0.25, 0.3) is 0 Å². The summed E-state index contributed by atoms with van der Waals surface area (Å²) in [6.45, 7) is 3.70. The van der Waals surface area contributed by atoms with Crippen molar-refractivity contribution in [2.24, 2.45) is 0 Å². The Morgan fingerprint density at radius 3 is 2.28 bits per heavy atom. The van der Waals surface area contributed by atoms with E-state index in [0.717, 1.165) is 25.9 Å². The van der Waals surface area contributed by atoms with E-state index in [2.05, 4.69) is 19.1 Å². The summed E-state index contributed by atoms with van der Waals surface area (Å²) in [4.78, 5) is 0. The summed E-state index contributed by atoms with van der Waals surface area (Å²) in [5.41, 5.74) is 1.03. The smallest absolute Gasteiger partial charge is 0.0475 e. The maximum absolute atomic E-state index is 6.16. The summed E-state index contributed by atoms with van der Waals surface area (Å²) in [5, 5.41) is 0. The first-order valence-corrected chi connectivity index (χ1v) is 7.61. The normalized spacial score (nSPS) is 11.7. The Kier molecular flexibility index (Phi) is 7.73. The van der Waals surface area contributed by atoms with Crippen LogP contribution in [-0.2, 0) is 10.2 Å². The van der Waals surface area contributed by atoms with Gasteiger partial charge in [-0.2, -0.15) is 0 Å². The maximum atomic E-state index is 6.16. The van der Waals surface area contributed by atoms with Gasteiger partial charge in [-0.3, -0.25) is 0 Å². The van der Waals surface area contributed by atoms with Crippen LogP contribution in [0.3, 0.4) is 0 Å². The molecular formula is C15H22Cl2O. The fourth-order valence-corrected chi connectivity index (χ4v) is 2.74. The lowest BCUT2D eigenvalue weighted by Gasteiger charge is -2.30. The lowest BCUT2D eigenvalue weighted by Crippen LogP contribution is -2.32. The topological polar surface area (TPSA) is 9.23 Å². The van der Waals surface area contributed by atoms with E-state index in [9.17, 15) is 0 Å². The second kappa shape index (κ2) is 8.79. The van der Waals surface area contributed by atoms with Gasteiger partial charge in [0.1, 0.15) is 0 Å². The van der Waals surface area contributed by atoms with E-state index in [1.54, 1.807) is 0 Å². The predicted molar refractivity (Wildman–Crippen MR) is 79.9 cm³/mol. The quantitative estimate of drug-likeness (QED) is 0.476. The average Bonchev–Trinajstić information content (AvgIpc) is 2.44.